The van der Waals surface area contributed by atoms with Gasteiger partial charge in [-0.15, -0.1) is 0 Å². The molecule has 4 nitrogen and oxygen atoms in total. The second-order valence-corrected chi connectivity index (χ2v) is 3.19. The van der Waals surface area contributed by atoms with E-state index >= 15 is 0 Å². The van der Waals surface area contributed by atoms with Gasteiger partial charge in [-0.1, -0.05) is 24.3 Å². The van der Waals surface area contributed by atoms with Crippen molar-refractivity contribution < 1.29 is 9.90 Å². The number of carboxylic acid groups (broad SMARTS) is 1. The van der Waals surface area contributed by atoms with Gasteiger partial charge in [-0.05, 0) is 18.1 Å². The van der Waals surface area contributed by atoms with Gasteiger partial charge in [0.05, 0.1) is 0 Å². The summed E-state index contributed by atoms with van der Waals surface area (Å²) in [6.07, 6.45) is -1.01. The Bertz CT molecular complexity index is 306. The van der Waals surface area contributed by atoms with Crippen LogP contribution in [0.1, 0.15) is 24.1 Å². The molecule has 14 heavy (non-hydrogen) atoms. The first-order chi connectivity index (χ1) is 6.59. The molecule has 4 N–H and O–H groups in total. The Morgan fingerprint density at radius 2 is 2.07 bits per heavy atom. The van der Waals surface area contributed by atoms with Crippen LogP contribution in [-0.2, 0) is 6.54 Å². The third kappa shape index (κ3) is 3.06. The molecular weight excluding hydrogens is 180 g/mol. The Morgan fingerprint density at radius 1 is 1.50 bits per heavy atom. The zero-order chi connectivity index (χ0) is 10.6. The average molecular weight is 194 g/mol. The van der Waals surface area contributed by atoms with E-state index in [4.69, 9.17) is 10.8 Å². The smallest absolute Gasteiger partial charge is 0.404 e. The van der Waals surface area contributed by atoms with Crippen LogP contribution in [-0.4, -0.2) is 11.2 Å². The summed E-state index contributed by atoms with van der Waals surface area (Å²) in [5.41, 5.74) is 7.65. The molecule has 76 valence electrons. The maximum absolute atomic E-state index is 10.2. The van der Waals surface area contributed by atoms with Gasteiger partial charge < -0.3 is 16.2 Å². The molecule has 0 saturated heterocycles. The minimum Gasteiger partial charge on any atom is -0.465 e. The van der Waals surface area contributed by atoms with E-state index in [9.17, 15) is 4.79 Å². The molecule has 0 aliphatic rings. The van der Waals surface area contributed by atoms with Crippen molar-refractivity contribution in [2.75, 3.05) is 0 Å². The topological polar surface area (TPSA) is 75.3 Å². The molecule has 0 bridgehead atoms. The van der Waals surface area contributed by atoms with Crippen LogP contribution < -0.4 is 11.1 Å². The van der Waals surface area contributed by atoms with Gasteiger partial charge in [-0.25, -0.2) is 4.79 Å². The number of amides is 1. The fourth-order valence-corrected chi connectivity index (χ4v) is 1.12. The van der Waals surface area contributed by atoms with Gasteiger partial charge in [-0.3, -0.25) is 0 Å². The van der Waals surface area contributed by atoms with Crippen molar-refractivity contribution in [1.82, 2.24) is 5.32 Å². The number of rotatable bonds is 3. The SMILES string of the molecule is CC(N)c1ccc(CNC(=O)O)cc1. The second-order valence-electron chi connectivity index (χ2n) is 3.19. The van der Waals surface area contributed by atoms with Crippen LogP contribution in [0.5, 0.6) is 0 Å². The first kappa shape index (κ1) is 10.5. The van der Waals surface area contributed by atoms with Gasteiger partial charge >= 0.3 is 6.09 Å². The Labute approximate surface area is 82.7 Å². The molecule has 1 aromatic rings. The van der Waals surface area contributed by atoms with Gasteiger partial charge in [0.2, 0.25) is 0 Å². The van der Waals surface area contributed by atoms with E-state index in [-0.39, 0.29) is 6.04 Å². The molecule has 1 unspecified atom stereocenters. The van der Waals surface area contributed by atoms with E-state index in [1.165, 1.54) is 0 Å². The number of hydrogen-bond donors (Lipinski definition) is 3. The summed E-state index contributed by atoms with van der Waals surface area (Å²) in [6, 6.07) is 7.56. The van der Waals surface area contributed by atoms with Crippen LogP contribution in [0, 0.1) is 0 Å². The van der Waals surface area contributed by atoms with E-state index in [1.807, 2.05) is 31.2 Å². The lowest BCUT2D eigenvalue weighted by molar-refractivity contribution is 0.194. The Morgan fingerprint density at radius 3 is 2.50 bits per heavy atom. The normalized spacial score (nSPS) is 12.1. The number of hydrogen-bond acceptors (Lipinski definition) is 2. The molecule has 1 atom stereocenters. The third-order valence-corrected chi connectivity index (χ3v) is 1.95. The number of nitrogens with one attached hydrogen (secondary N) is 1. The van der Waals surface area contributed by atoms with Crippen LogP contribution in [0.4, 0.5) is 4.79 Å². The van der Waals surface area contributed by atoms with Crippen LogP contribution in [0.3, 0.4) is 0 Å². The van der Waals surface area contributed by atoms with E-state index in [2.05, 4.69) is 5.32 Å². The minimum absolute atomic E-state index is 0.0106. The monoisotopic (exact) mass is 194 g/mol. The maximum atomic E-state index is 10.2. The standard InChI is InChI=1S/C10H14N2O2/c1-7(11)9-4-2-8(3-5-9)6-12-10(13)14/h2-5,7,12H,6,11H2,1H3,(H,13,14). The summed E-state index contributed by atoms with van der Waals surface area (Å²) < 4.78 is 0. The fraction of sp³-hybridized carbons (Fsp3) is 0.300. The number of benzene rings is 1. The summed E-state index contributed by atoms with van der Waals surface area (Å²) >= 11 is 0. The molecule has 0 radical (unpaired) electrons. The third-order valence-electron chi connectivity index (χ3n) is 1.95. The first-order valence-electron chi connectivity index (χ1n) is 4.41. The highest BCUT2D eigenvalue weighted by Crippen LogP contribution is 2.10. The summed E-state index contributed by atoms with van der Waals surface area (Å²) in [6.45, 7) is 2.24. The predicted octanol–water partition coefficient (Wildman–Crippen LogP) is 1.47. The van der Waals surface area contributed by atoms with E-state index in [1.54, 1.807) is 0 Å². The maximum Gasteiger partial charge on any atom is 0.404 e. The molecule has 0 aliphatic carbocycles. The number of carbonyl (C=O) groups is 1. The summed E-state index contributed by atoms with van der Waals surface area (Å²) in [7, 11) is 0. The molecule has 0 aromatic heterocycles. The van der Waals surface area contributed by atoms with E-state index in [0.29, 0.717) is 6.54 Å². The van der Waals surface area contributed by atoms with Gasteiger partial charge in [0.25, 0.3) is 0 Å². The van der Waals surface area contributed by atoms with E-state index in [0.717, 1.165) is 11.1 Å². The van der Waals surface area contributed by atoms with Crippen molar-refractivity contribution in [2.45, 2.75) is 19.5 Å². The highest BCUT2D eigenvalue weighted by molar-refractivity contribution is 5.64. The highest BCUT2D eigenvalue weighted by Gasteiger charge is 1.99. The molecule has 1 aromatic carbocycles. The van der Waals surface area contributed by atoms with Crippen molar-refractivity contribution in [3.05, 3.63) is 35.4 Å². The summed E-state index contributed by atoms with van der Waals surface area (Å²) in [5, 5.41) is 10.7. The zero-order valence-electron chi connectivity index (χ0n) is 8.03. The number of nitrogens with two attached hydrogens (primary N) is 1. The quantitative estimate of drug-likeness (QED) is 0.682. The first-order valence-corrected chi connectivity index (χ1v) is 4.41. The molecular formula is C10H14N2O2. The van der Waals surface area contributed by atoms with Gasteiger partial charge in [0.15, 0.2) is 0 Å². The van der Waals surface area contributed by atoms with Gasteiger partial charge in [0, 0.05) is 12.6 Å². The van der Waals surface area contributed by atoms with Crippen LogP contribution in [0.25, 0.3) is 0 Å². The predicted molar refractivity (Wildman–Crippen MR) is 53.9 cm³/mol. The zero-order valence-corrected chi connectivity index (χ0v) is 8.03. The van der Waals surface area contributed by atoms with Crippen molar-refractivity contribution >= 4 is 6.09 Å². The summed E-state index contributed by atoms with van der Waals surface area (Å²) in [4.78, 5) is 10.2. The molecule has 0 heterocycles. The van der Waals surface area contributed by atoms with Crippen LogP contribution >= 0.6 is 0 Å². The molecule has 0 aliphatic heterocycles. The molecule has 1 amide bonds. The van der Waals surface area contributed by atoms with Crippen molar-refractivity contribution in [3.8, 4) is 0 Å². The average Bonchev–Trinajstić information content (AvgIpc) is 2.15. The molecule has 0 fully saturated rings. The molecule has 1 rings (SSSR count). The Balaban J connectivity index is 2.59. The van der Waals surface area contributed by atoms with E-state index < -0.39 is 6.09 Å². The van der Waals surface area contributed by atoms with Crippen molar-refractivity contribution in [2.24, 2.45) is 5.73 Å². The fourth-order valence-electron chi connectivity index (χ4n) is 1.12. The van der Waals surface area contributed by atoms with Crippen molar-refractivity contribution in [3.63, 3.8) is 0 Å². The lowest BCUT2D eigenvalue weighted by Gasteiger charge is -2.06. The Hall–Kier alpha value is -1.55. The summed E-state index contributed by atoms with van der Waals surface area (Å²) in [5.74, 6) is 0. The molecule has 4 heteroatoms. The minimum atomic E-state index is -1.01. The van der Waals surface area contributed by atoms with Gasteiger partial charge in [-0.2, -0.15) is 0 Å². The van der Waals surface area contributed by atoms with Crippen LogP contribution in [0.15, 0.2) is 24.3 Å². The van der Waals surface area contributed by atoms with Crippen LogP contribution in [0.2, 0.25) is 0 Å². The van der Waals surface area contributed by atoms with Crippen molar-refractivity contribution in [1.29, 1.82) is 0 Å². The molecule has 0 saturated carbocycles. The second kappa shape index (κ2) is 4.62. The highest BCUT2D eigenvalue weighted by atomic mass is 16.4. The Kier molecular flexibility index (Phi) is 3.48. The largest absolute Gasteiger partial charge is 0.465 e. The lowest BCUT2D eigenvalue weighted by Crippen LogP contribution is -2.19. The van der Waals surface area contributed by atoms with Gasteiger partial charge in [0.1, 0.15) is 0 Å². The lowest BCUT2D eigenvalue weighted by atomic mass is 10.1. The molecule has 0 spiro atoms.